The van der Waals surface area contributed by atoms with Crippen molar-refractivity contribution in [3.63, 3.8) is 0 Å². The minimum atomic E-state index is 0.120. The van der Waals surface area contributed by atoms with Gasteiger partial charge in [0.25, 0.3) is 0 Å². The van der Waals surface area contributed by atoms with E-state index in [0.717, 1.165) is 44.9 Å². The first-order valence-corrected chi connectivity index (χ1v) is 12.7. The largest absolute Gasteiger partial charge is 0.369 e. The van der Waals surface area contributed by atoms with Gasteiger partial charge in [-0.25, -0.2) is 0 Å². The number of hydrogen-bond donors (Lipinski definition) is 1. The van der Waals surface area contributed by atoms with Crippen LogP contribution in [0.1, 0.15) is 51.4 Å². The van der Waals surface area contributed by atoms with Crippen molar-refractivity contribution in [1.82, 2.24) is 10.2 Å². The highest BCUT2D eigenvalue weighted by Gasteiger charge is 2.24. The number of anilines is 1. The van der Waals surface area contributed by atoms with Crippen LogP contribution in [-0.4, -0.2) is 55.8 Å². The molecule has 1 saturated carbocycles. The van der Waals surface area contributed by atoms with Crippen LogP contribution in [0.4, 0.5) is 5.69 Å². The van der Waals surface area contributed by atoms with Gasteiger partial charge in [-0.05, 0) is 75.4 Å². The number of nitrogens with zero attached hydrogens (tertiary/aromatic N) is 3. The Kier molecular flexibility index (Phi) is 9.35. The zero-order valence-corrected chi connectivity index (χ0v) is 19.1. The van der Waals surface area contributed by atoms with Crippen molar-refractivity contribution in [2.45, 2.75) is 62.3 Å². The van der Waals surface area contributed by atoms with Gasteiger partial charge in [-0.1, -0.05) is 6.07 Å². The molecule has 2 fully saturated rings. The van der Waals surface area contributed by atoms with Gasteiger partial charge in [0.2, 0.25) is 5.91 Å². The number of unbranched alkanes of at least 4 members (excludes halogenated alkanes) is 1. The lowest BCUT2D eigenvalue weighted by Gasteiger charge is -2.37. The van der Waals surface area contributed by atoms with Gasteiger partial charge < -0.3 is 10.2 Å². The van der Waals surface area contributed by atoms with Gasteiger partial charge in [0.1, 0.15) is 0 Å². The minimum absolute atomic E-state index is 0.120. The number of carbonyl (C=O) groups excluding carboxylic acids is 1. The summed E-state index contributed by atoms with van der Waals surface area (Å²) in [5.41, 5.74) is 1.36. The third-order valence-electron chi connectivity index (χ3n) is 6.55. The molecular weight excluding hydrogens is 392 g/mol. The smallest absolute Gasteiger partial charge is 0.220 e. The lowest BCUT2D eigenvalue weighted by Crippen LogP contribution is -2.47. The van der Waals surface area contributed by atoms with Crippen LogP contribution in [0.15, 0.2) is 29.2 Å². The third kappa shape index (κ3) is 7.21. The van der Waals surface area contributed by atoms with Gasteiger partial charge in [-0.15, -0.1) is 11.8 Å². The summed E-state index contributed by atoms with van der Waals surface area (Å²) < 4.78 is 0. The van der Waals surface area contributed by atoms with Gasteiger partial charge in [-0.3, -0.25) is 9.69 Å². The summed E-state index contributed by atoms with van der Waals surface area (Å²) in [6.07, 6.45) is 9.71. The fourth-order valence-corrected chi connectivity index (χ4v) is 5.08. The first-order valence-electron chi connectivity index (χ1n) is 11.5. The molecule has 1 aliphatic heterocycles. The highest BCUT2D eigenvalue weighted by Crippen LogP contribution is 2.28. The quantitative estimate of drug-likeness (QED) is 0.470. The van der Waals surface area contributed by atoms with E-state index < -0.39 is 0 Å². The molecule has 164 valence electrons. The Labute approximate surface area is 186 Å². The molecule has 1 aromatic carbocycles. The Bertz CT molecular complexity index is 703. The molecule has 1 aliphatic carbocycles. The molecule has 1 N–H and O–H groups in total. The van der Waals surface area contributed by atoms with Crippen molar-refractivity contribution in [3.8, 4) is 6.07 Å². The van der Waals surface area contributed by atoms with Crippen LogP contribution in [-0.2, 0) is 4.79 Å². The Balaban J connectivity index is 1.30. The van der Waals surface area contributed by atoms with Gasteiger partial charge >= 0.3 is 0 Å². The fraction of sp³-hybridized carbons (Fsp3) is 0.667. The lowest BCUT2D eigenvalue weighted by molar-refractivity contribution is -0.122. The molecule has 1 aromatic rings. The Morgan fingerprint density at radius 2 is 1.97 bits per heavy atom. The van der Waals surface area contributed by atoms with Crippen LogP contribution in [0.25, 0.3) is 0 Å². The van der Waals surface area contributed by atoms with E-state index in [4.69, 9.17) is 5.26 Å². The summed E-state index contributed by atoms with van der Waals surface area (Å²) in [7, 11) is 0. The molecule has 1 amide bonds. The van der Waals surface area contributed by atoms with E-state index in [1.54, 1.807) is 11.8 Å². The molecule has 1 heterocycles. The molecule has 0 atom stereocenters. The maximum atomic E-state index is 11.9. The molecule has 0 bridgehead atoms. The fourth-order valence-electron chi connectivity index (χ4n) is 4.63. The topological polar surface area (TPSA) is 59.4 Å². The van der Waals surface area contributed by atoms with Crippen LogP contribution in [0, 0.1) is 17.2 Å². The van der Waals surface area contributed by atoms with Gasteiger partial charge in [0.15, 0.2) is 0 Å². The molecule has 0 radical (unpaired) electrons. The van der Waals surface area contributed by atoms with Crippen molar-refractivity contribution in [3.05, 3.63) is 24.3 Å². The number of amides is 1. The van der Waals surface area contributed by atoms with Crippen molar-refractivity contribution in [2.24, 2.45) is 5.92 Å². The molecular formula is C24H36N4OS. The zero-order chi connectivity index (χ0) is 21.2. The predicted octanol–water partition coefficient (Wildman–Crippen LogP) is 4.29. The van der Waals surface area contributed by atoms with Crippen LogP contribution >= 0.6 is 11.8 Å². The zero-order valence-electron chi connectivity index (χ0n) is 18.3. The standard InChI is InChI=1S/C24H36N4OS/c1-30-23-6-4-5-22(19-23)28-17-15-27(16-18-28)14-12-20-8-10-21(11-9-20)26-24(29)7-2-3-13-25/h4-6,19-21H,2-3,7-12,14-18H2,1H3,(H,26,29)/t20-,21-. The maximum Gasteiger partial charge on any atom is 0.220 e. The monoisotopic (exact) mass is 428 g/mol. The average Bonchev–Trinajstić information content (AvgIpc) is 2.79. The number of hydrogen-bond acceptors (Lipinski definition) is 5. The summed E-state index contributed by atoms with van der Waals surface area (Å²) in [5, 5.41) is 11.7. The van der Waals surface area contributed by atoms with E-state index in [9.17, 15) is 4.79 Å². The Morgan fingerprint density at radius 3 is 2.67 bits per heavy atom. The normalized spacial score (nSPS) is 22.5. The number of nitrogens with one attached hydrogen (secondary N) is 1. The van der Waals surface area contributed by atoms with Crippen molar-refractivity contribution < 1.29 is 4.79 Å². The molecule has 2 aliphatic rings. The van der Waals surface area contributed by atoms with Crippen LogP contribution in [0.5, 0.6) is 0 Å². The summed E-state index contributed by atoms with van der Waals surface area (Å²) in [5.74, 6) is 0.919. The second-order valence-electron chi connectivity index (χ2n) is 8.62. The number of thioether (sulfide) groups is 1. The second kappa shape index (κ2) is 12.2. The number of benzene rings is 1. The van der Waals surface area contributed by atoms with Gasteiger partial charge in [-0.2, -0.15) is 5.26 Å². The summed E-state index contributed by atoms with van der Waals surface area (Å²) in [6.45, 7) is 5.73. The van der Waals surface area contributed by atoms with E-state index in [0.29, 0.717) is 25.3 Å². The second-order valence-corrected chi connectivity index (χ2v) is 9.50. The molecule has 5 nitrogen and oxygen atoms in total. The van der Waals surface area contributed by atoms with E-state index in [1.165, 1.54) is 36.4 Å². The predicted molar refractivity (Wildman–Crippen MR) is 125 cm³/mol. The lowest BCUT2D eigenvalue weighted by atomic mass is 9.84. The van der Waals surface area contributed by atoms with E-state index in [2.05, 4.69) is 51.7 Å². The molecule has 3 rings (SSSR count). The summed E-state index contributed by atoms with van der Waals surface area (Å²) in [6, 6.07) is 11.3. The highest BCUT2D eigenvalue weighted by molar-refractivity contribution is 7.98. The van der Waals surface area contributed by atoms with E-state index in [-0.39, 0.29) is 5.91 Å². The maximum absolute atomic E-state index is 11.9. The van der Waals surface area contributed by atoms with E-state index >= 15 is 0 Å². The molecule has 30 heavy (non-hydrogen) atoms. The molecule has 6 heteroatoms. The third-order valence-corrected chi connectivity index (χ3v) is 7.27. The number of rotatable bonds is 9. The minimum Gasteiger partial charge on any atom is -0.369 e. The van der Waals surface area contributed by atoms with Crippen LogP contribution in [0.2, 0.25) is 0 Å². The number of nitriles is 1. The SMILES string of the molecule is CSc1cccc(N2CCN(CC[C@H]3CC[C@H](NC(=O)CCCC#N)CC3)CC2)c1. The highest BCUT2D eigenvalue weighted by atomic mass is 32.2. The van der Waals surface area contributed by atoms with Gasteiger partial charge in [0, 0.05) is 55.6 Å². The molecule has 1 saturated heterocycles. The average molecular weight is 429 g/mol. The van der Waals surface area contributed by atoms with E-state index in [1.807, 2.05) is 0 Å². The number of carbonyl (C=O) groups is 1. The molecule has 0 spiro atoms. The Morgan fingerprint density at radius 1 is 1.20 bits per heavy atom. The van der Waals surface area contributed by atoms with Gasteiger partial charge in [0.05, 0.1) is 6.07 Å². The van der Waals surface area contributed by atoms with Crippen molar-refractivity contribution in [2.75, 3.05) is 43.9 Å². The van der Waals surface area contributed by atoms with Crippen LogP contribution < -0.4 is 10.2 Å². The Hall–Kier alpha value is -1.71. The number of piperazine rings is 1. The first kappa shape index (κ1) is 23.0. The summed E-state index contributed by atoms with van der Waals surface area (Å²) >= 11 is 1.81. The first-order chi connectivity index (χ1) is 14.7. The van der Waals surface area contributed by atoms with Crippen molar-refractivity contribution >= 4 is 23.4 Å². The summed E-state index contributed by atoms with van der Waals surface area (Å²) in [4.78, 5) is 18.4. The molecule has 0 aromatic heterocycles. The van der Waals surface area contributed by atoms with Crippen molar-refractivity contribution in [1.29, 1.82) is 5.26 Å². The molecule has 0 unspecified atom stereocenters. The van der Waals surface area contributed by atoms with Crippen LogP contribution in [0.3, 0.4) is 0 Å².